The van der Waals surface area contributed by atoms with Gasteiger partial charge in [0.05, 0.1) is 7.11 Å². The van der Waals surface area contributed by atoms with Gasteiger partial charge in [-0.2, -0.15) is 0 Å². The highest BCUT2D eigenvalue weighted by Gasteiger charge is 2.05. The molecule has 98 valence electrons. The number of hydrogen-bond acceptors (Lipinski definition) is 3. The number of nitrogens with zero attached hydrogens (tertiary/aromatic N) is 1. The molecule has 0 radical (unpaired) electrons. The number of hydrogen-bond donors (Lipinski definition) is 1. The summed E-state index contributed by atoms with van der Waals surface area (Å²) in [5.41, 5.74) is 1.43. The minimum absolute atomic E-state index is 0.435. The molecular weight excluding hydrogens is 230 g/mol. The number of benzene rings is 1. The Labute approximate surface area is 107 Å². The fourth-order valence-corrected chi connectivity index (χ4v) is 1.58. The molecule has 1 aromatic rings. The fourth-order valence-electron chi connectivity index (χ4n) is 1.58. The number of likely N-dealkylation sites (N-methyl/N-ethyl adjacent to an activating group) is 1. The summed E-state index contributed by atoms with van der Waals surface area (Å²) in [5.74, 6) is -0.0613. The van der Waals surface area contributed by atoms with Crippen molar-refractivity contribution in [2.45, 2.75) is 13.3 Å². The summed E-state index contributed by atoms with van der Waals surface area (Å²) >= 11 is 0. The number of rotatable bonds is 6. The van der Waals surface area contributed by atoms with Crippen molar-refractivity contribution in [3.8, 4) is 5.75 Å². The van der Waals surface area contributed by atoms with E-state index in [0.717, 1.165) is 11.4 Å². The molecule has 4 nitrogen and oxygen atoms in total. The molecular formula is C14H19NO3. The first kappa shape index (κ1) is 14.1. The highest BCUT2D eigenvalue weighted by molar-refractivity contribution is 5.86. The number of anilines is 1. The fraction of sp³-hybridized carbons (Fsp3) is 0.357. The molecule has 0 saturated carbocycles. The molecule has 0 aliphatic heterocycles. The van der Waals surface area contributed by atoms with Crippen LogP contribution < -0.4 is 9.64 Å². The zero-order valence-electron chi connectivity index (χ0n) is 11.0. The molecule has 0 aromatic heterocycles. The number of aliphatic carboxylic acids is 1. The van der Waals surface area contributed by atoms with Gasteiger partial charge in [-0.15, -0.1) is 0 Å². The van der Waals surface area contributed by atoms with E-state index in [9.17, 15) is 4.79 Å². The van der Waals surface area contributed by atoms with Crippen molar-refractivity contribution in [2.75, 3.05) is 25.6 Å². The Morgan fingerprint density at radius 3 is 2.78 bits per heavy atom. The van der Waals surface area contributed by atoms with Gasteiger partial charge < -0.3 is 14.7 Å². The van der Waals surface area contributed by atoms with Crippen molar-refractivity contribution < 1.29 is 14.6 Å². The van der Waals surface area contributed by atoms with Gasteiger partial charge in [0.2, 0.25) is 0 Å². The average molecular weight is 249 g/mol. The lowest BCUT2D eigenvalue weighted by atomic mass is 10.2. The van der Waals surface area contributed by atoms with Gasteiger partial charge in [0.25, 0.3) is 0 Å². The zero-order chi connectivity index (χ0) is 13.5. The smallest absolute Gasteiger partial charge is 0.331 e. The molecule has 0 aliphatic rings. The minimum atomic E-state index is -0.850. The lowest BCUT2D eigenvalue weighted by Crippen LogP contribution is -2.18. The molecule has 18 heavy (non-hydrogen) atoms. The normalized spacial score (nSPS) is 11.2. The zero-order valence-corrected chi connectivity index (χ0v) is 11.0. The molecule has 0 saturated heterocycles. The topological polar surface area (TPSA) is 49.8 Å². The lowest BCUT2D eigenvalue weighted by molar-refractivity contribution is -0.132. The van der Waals surface area contributed by atoms with Gasteiger partial charge >= 0.3 is 5.97 Å². The van der Waals surface area contributed by atoms with Gasteiger partial charge in [-0.3, -0.25) is 0 Å². The molecule has 1 N–H and O–H groups in total. The number of methoxy groups -OCH3 is 1. The maximum Gasteiger partial charge on any atom is 0.331 e. The van der Waals surface area contributed by atoms with Crippen LogP contribution in [-0.4, -0.2) is 31.8 Å². The Bertz CT molecular complexity index is 440. The van der Waals surface area contributed by atoms with Crippen LogP contribution in [0.15, 0.2) is 35.9 Å². The lowest BCUT2D eigenvalue weighted by Gasteiger charge is -2.18. The third-order valence-electron chi connectivity index (χ3n) is 2.76. The van der Waals surface area contributed by atoms with Crippen LogP contribution in [0.25, 0.3) is 0 Å². The summed E-state index contributed by atoms with van der Waals surface area (Å²) in [6, 6.07) is 7.66. The quantitative estimate of drug-likeness (QED) is 0.787. The second-order valence-corrected chi connectivity index (χ2v) is 3.97. The maximum atomic E-state index is 10.9. The highest BCUT2D eigenvalue weighted by atomic mass is 16.5. The van der Waals surface area contributed by atoms with Gasteiger partial charge in [-0.25, -0.2) is 4.79 Å². The van der Waals surface area contributed by atoms with Gasteiger partial charge in [0.1, 0.15) is 5.75 Å². The van der Waals surface area contributed by atoms with E-state index >= 15 is 0 Å². The van der Waals surface area contributed by atoms with Crippen LogP contribution in [0.3, 0.4) is 0 Å². The van der Waals surface area contributed by atoms with E-state index in [1.807, 2.05) is 43.1 Å². The Kier molecular flexibility index (Phi) is 5.24. The third kappa shape index (κ3) is 3.80. The summed E-state index contributed by atoms with van der Waals surface area (Å²) in [6.07, 6.45) is 2.27. The summed E-state index contributed by atoms with van der Waals surface area (Å²) in [6.45, 7) is 2.40. The molecule has 0 aliphatic carbocycles. The van der Waals surface area contributed by atoms with E-state index in [4.69, 9.17) is 9.84 Å². The van der Waals surface area contributed by atoms with Crippen LogP contribution in [-0.2, 0) is 4.79 Å². The Morgan fingerprint density at radius 1 is 1.50 bits per heavy atom. The molecule has 0 spiro atoms. The molecule has 1 aromatic carbocycles. The van der Waals surface area contributed by atoms with Crippen LogP contribution >= 0.6 is 0 Å². The Morgan fingerprint density at radius 2 is 2.22 bits per heavy atom. The van der Waals surface area contributed by atoms with Crippen molar-refractivity contribution in [3.05, 3.63) is 35.9 Å². The van der Waals surface area contributed by atoms with E-state index in [-0.39, 0.29) is 0 Å². The monoisotopic (exact) mass is 249 g/mol. The van der Waals surface area contributed by atoms with E-state index < -0.39 is 5.97 Å². The van der Waals surface area contributed by atoms with Gasteiger partial charge in [-0.1, -0.05) is 19.1 Å². The number of carbonyl (C=O) groups is 1. The van der Waals surface area contributed by atoms with Crippen molar-refractivity contribution in [2.24, 2.45) is 0 Å². The van der Waals surface area contributed by atoms with Crippen LogP contribution in [0, 0.1) is 0 Å². The van der Waals surface area contributed by atoms with Gasteiger partial charge in [-0.05, 0) is 18.6 Å². The summed E-state index contributed by atoms with van der Waals surface area (Å²) < 4.78 is 5.15. The van der Waals surface area contributed by atoms with E-state index in [1.54, 1.807) is 13.2 Å². The van der Waals surface area contributed by atoms with Crippen LogP contribution in [0.4, 0.5) is 5.69 Å². The second-order valence-electron chi connectivity index (χ2n) is 3.97. The highest BCUT2D eigenvalue weighted by Crippen LogP contribution is 2.19. The first-order valence-electron chi connectivity index (χ1n) is 5.86. The van der Waals surface area contributed by atoms with Crippen molar-refractivity contribution in [1.29, 1.82) is 0 Å². The molecule has 4 heteroatoms. The van der Waals surface area contributed by atoms with Crippen molar-refractivity contribution in [3.63, 3.8) is 0 Å². The van der Waals surface area contributed by atoms with Gasteiger partial charge in [0, 0.05) is 30.9 Å². The minimum Gasteiger partial charge on any atom is -0.497 e. The molecule has 0 fully saturated rings. The van der Waals surface area contributed by atoms with Crippen molar-refractivity contribution in [1.82, 2.24) is 0 Å². The van der Waals surface area contributed by atoms with E-state index in [0.29, 0.717) is 18.5 Å². The molecule has 0 bridgehead atoms. The second kappa shape index (κ2) is 6.69. The molecule has 1 rings (SSSR count). The SMILES string of the molecule is CCC(=CCN(C)c1cccc(OC)c1)C(=O)O. The summed E-state index contributed by atoms with van der Waals surface area (Å²) in [4.78, 5) is 12.8. The maximum absolute atomic E-state index is 10.9. The van der Waals surface area contributed by atoms with E-state index in [1.165, 1.54) is 0 Å². The average Bonchev–Trinajstić information content (AvgIpc) is 2.38. The molecule has 0 unspecified atom stereocenters. The molecule has 0 atom stereocenters. The largest absolute Gasteiger partial charge is 0.497 e. The third-order valence-corrected chi connectivity index (χ3v) is 2.76. The van der Waals surface area contributed by atoms with E-state index in [2.05, 4.69) is 0 Å². The Hall–Kier alpha value is -1.97. The van der Waals surface area contributed by atoms with Crippen LogP contribution in [0.1, 0.15) is 13.3 Å². The Balaban J connectivity index is 2.75. The number of carboxylic acid groups (broad SMARTS) is 1. The predicted molar refractivity (Wildman–Crippen MR) is 72.3 cm³/mol. The summed E-state index contributed by atoms with van der Waals surface area (Å²) in [5, 5.41) is 8.93. The van der Waals surface area contributed by atoms with Crippen LogP contribution in [0.5, 0.6) is 5.75 Å². The standard InChI is InChI=1S/C14H19NO3/c1-4-11(14(16)17)8-9-15(2)12-6-5-7-13(10-12)18-3/h5-8,10H,4,9H2,1-3H3,(H,16,17). The van der Waals surface area contributed by atoms with Crippen LogP contribution in [0.2, 0.25) is 0 Å². The van der Waals surface area contributed by atoms with Crippen molar-refractivity contribution >= 4 is 11.7 Å². The number of ether oxygens (including phenoxy) is 1. The molecule has 0 amide bonds. The first-order valence-corrected chi connectivity index (χ1v) is 5.86. The predicted octanol–water partition coefficient (Wildman–Crippen LogP) is 2.55. The molecule has 0 heterocycles. The summed E-state index contributed by atoms with van der Waals surface area (Å²) in [7, 11) is 3.54. The number of carboxylic acids is 1. The van der Waals surface area contributed by atoms with Gasteiger partial charge in [0.15, 0.2) is 0 Å². The first-order chi connectivity index (χ1) is 8.58.